The van der Waals surface area contributed by atoms with Gasteiger partial charge >= 0.3 is 0 Å². The molecule has 1 atom stereocenters. The normalized spacial score (nSPS) is 12.4. The Morgan fingerprint density at radius 2 is 1.78 bits per heavy atom. The summed E-state index contributed by atoms with van der Waals surface area (Å²) in [6.45, 7) is 5.71. The van der Waals surface area contributed by atoms with E-state index in [1.165, 1.54) is 0 Å². The van der Waals surface area contributed by atoms with Crippen molar-refractivity contribution in [2.45, 2.75) is 26.4 Å². The molecule has 3 rings (SSSR count). The minimum atomic E-state index is 0.0332. The molecular weight excluding hydrogens is 286 g/mol. The standard InChI is InChI=1S/C19H21N3O/c1-3-20-14(2)18-21-17-12-8-7-11-16(17)19(23)22(18)13-15-9-5-4-6-10-15/h4-12,14,20H,3,13H2,1-2H3/p+1/t14-/m1/s1. The van der Waals surface area contributed by atoms with Crippen molar-refractivity contribution in [3.8, 4) is 0 Å². The lowest BCUT2D eigenvalue weighted by molar-refractivity contribution is -0.691. The summed E-state index contributed by atoms with van der Waals surface area (Å²) in [4.78, 5) is 17.8. The Balaban J connectivity index is 2.17. The monoisotopic (exact) mass is 308 g/mol. The summed E-state index contributed by atoms with van der Waals surface area (Å²) in [5, 5.41) is 2.87. The Labute approximate surface area is 135 Å². The smallest absolute Gasteiger partial charge is 0.261 e. The molecule has 0 saturated heterocycles. The molecule has 4 heteroatoms. The van der Waals surface area contributed by atoms with E-state index in [2.05, 4.69) is 19.2 Å². The van der Waals surface area contributed by atoms with Gasteiger partial charge in [-0.05, 0) is 31.5 Å². The van der Waals surface area contributed by atoms with Gasteiger partial charge in [0, 0.05) is 0 Å². The van der Waals surface area contributed by atoms with Crippen LogP contribution in [0.3, 0.4) is 0 Å². The van der Waals surface area contributed by atoms with Crippen molar-refractivity contribution in [3.05, 3.63) is 76.3 Å². The fourth-order valence-corrected chi connectivity index (χ4v) is 2.91. The molecule has 0 radical (unpaired) electrons. The minimum Gasteiger partial charge on any atom is -0.338 e. The molecule has 3 aromatic rings. The van der Waals surface area contributed by atoms with Crippen LogP contribution in [0.15, 0.2) is 59.4 Å². The maximum atomic E-state index is 13.0. The molecule has 0 aliphatic heterocycles. The van der Waals surface area contributed by atoms with Gasteiger partial charge in [0.1, 0.15) is 6.04 Å². The molecule has 0 amide bonds. The molecule has 4 nitrogen and oxygen atoms in total. The van der Waals surface area contributed by atoms with Crippen molar-refractivity contribution in [2.24, 2.45) is 0 Å². The van der Waals surface area contributed by atoms with Crippen molar-refractivity contribution >= 4 is 10.9 Å². The van der Waals surface area contributed by atoms with Crippen LogP contribution in [0.25, 0.3) is 10.9 Å². The van der Waals surface area contributed by atoms with Crippen LogP contribution in [0, 0.1) is 0 Å². The summed E-state index contributed by atoms with van der Waals surface area (Å²) >= 11 is 0. The Kier molecular flexibility index (Phi) is 4.53. The molecule has 0 unspecified atom stereocenters. The fraction of sp³-hybridized carbons (Fsp3) is 0.263. The van der Waals surface area contributed by atoms with Crippen molar-refractivity contribution in [1.82, 2.24) is 9.55 Å². The lowest BCUT2D eigenvalue weighted by Gasteiger charge is -2.17. The van der Waals surface area contributed by atoms with Gasteiger partial charge in [-0.2, -0.15) is 0 Å². The van der Waals surface area contributed by atoms with Crippen LogP contribution in [-0.4, -0.2) is 16.1 Å². The van der Waals surface area contributed by atoms with E-state index in [0.717, 1.165) is 23.4 Å². The Bertz CT molecular complexity index is 855. The fourth-order valence-electron chi connectivity index (χ4n) is 2.91. The van der Waals surface area contributed by atoms with E-state index in [4.69, 9.17) is 4.98 Å². The third kappa shape index (κ3) is 3.17. The Morgan fingerprint density at radius 3 is 2.52 bits per heavy atom. The molecule has 2 aromatic carbocycles. The van der Waals surface area contributed by atoms with Gasteiger partial charge in [-0.15, -0.1) is 0 Å². The van der Waals surface area contributed by atoms with Crippen LogP contribution < -0.4 is 10.9 Å². The van der Waals surface area contributed by atoms with E-state index in [-0.39, 0.29) is 11.6 Å². The summed E-state index contributed by atoms with van der Waals surface area (Å²) in [5.74, 6) is 0.833. The first-order chi connectivity index (χ1) is 11.2. The van der Waals surface area contributed by atoms with Crippen LogP contribution in [0.1, 0.15) is 31.3 Å². The zero-order valence-corrected chi connectivity index (χ0v) is 13.6. The number of quaternary nitrogens is 1. The van der Waals surface area contributed by atoms with E-state index in [9.17, 15) is 4.79 Å². The van der Waals surface area contributed by atoms with Gasteiger partial charge in [-0.1, -0.05) is 42.5 Å². The highest BCUT2D eigenvalue weighted by molar-refractivity contribution is 5.77. The highest BCUT2D eigenvalue weighted by atomic mass is 16.1. The number of hydrogen-bond acceptors (Lipinski definition) is 2. The van der Waals surface area contributed by atoms with Crippen LogP contribution in [0.5, 0.6) is 0 Å². The number of nitrogens with two attached hydrogens (primary N) is 1. The molecule has 118 valence electrons. The van der Waals surface area contributed by atoms with Crippen LogP contribution in [0.4, 0.5) is 0 Å². The lowest BCUT2D eigenvalue weighted by Crippen LogP contribution is -2.84. The van der Waals surface area contributed by atoms with Gasteiger partial charge < -0.3 is 5.32 Å². The molecule has 0 aliphatic carbocycles. The first-order valence-electron chi connectivity index (χ1n) is 8.07. The van der Waals surface area contributed by atoms with Gasteiger partial charge in [0.05, 0.1) is 24.0 Å². The second-order valence-corrected chi connectivity index (χ2v) is 5.80. The van der Waals surface area contributed by atoms with Crippen LogP contribution in [-0.2, 0) is 6.54 Å². The molecule has 0 saturated carbocycles. The van der Waals surface area contributed by atoms with Gasteiger partial charge in [0.15, 0.2) is 5.82 Å². The predicted molar refractivity (Wildman–Crippen MR) is 92.4 cm³/mol. The number of para-hydroxylation sites is 1. The zero-order valence-electron chi connectivity index (χ0n) is 13.6. The summed E-state index contributed by atoms with van der Waals surface area (Å²) < 4.78 is 1.81. The molecule has 0 bridgehead atoms. The largest absolute Gasteiger partial charge is 0.338 e. The average Bonchev–Trinajstić information content (AvgIpc) is 2.58. The molecule has 23 heavy (non-hydrogen) atoms. The number of hydrogen-bond donors (Lipinski definition) is 1. The maximum Gasteiger partial charge on any atom is 0.261 e. The van der Waals surface area contributed by atoms with Crippen LogP contribution in [0.2, 0.25) is 0 Å². The van der Waals surface area contributed by atoms with E-state index < -0.39 is 0 Å². The average molecular weight is 308 g/mol. The van der Waals surface area contributed by atoms with Crippen molar-refractivity contribution in [2.75, 3.05) is 6.54 Å². The molecule has 0 fully saturated rings. The Morgan fingerprint density at radius 1 is 1.09 bits per heavy atom. The number of fused-ring (bicyclic) bond motifs is 1. The highest BCUT2D eigenvalue weighted by Gasteiger charge is 2.18. The molecule has 1 heterocycles. The van der Waals surface area contributed by atoms with E-state index in [0.29, 0.717) is 11.9 Å². The van der Waals surface area contributed by atoms with Gasteiger partial charge in [0.2, 0.25) is 0 Å². The predicted octanol–water partition coefficient (Wildman–Crippen LogP) is 2.09. The minimum absolute atomic E-state index is 0.0332. The number of nitrogens with zero attached hydrogens (tertiary/aromatic N) is 2. The zero-order chi connectivity index (χ0) is 16.2. The molecule has 2 N–H and O–H groups in total. The highest BCUT2D eigenvalue weighted by Crippen LogP contribution is 2.13. The summed E-state index contributed by atoms with van der Waals surface area (Å²) in [6.07, 6.45) is 0. The third-order valence-corrected chi connectivity index (χ3v) is 4.07. The number of aromatic nitrogens is 2. The number of benzene rings is 2. The van der Waals surface area contributed by atoms with Crippen molar-refractivity contribution < 1.29 is 5.32 Å². The van der Waals surface area contributed by atoms with Crippen LogP contribution >= 0.6 is 0 Å². The molecule has 1 aromatic heterocycles. The maximum absolute atomic E-state index is 13.0. The third-order valence-electron chi connectivity index (χ3n) is 4.07. The molecule has 0 spiro atoms. The van der Waals surface area contributed by atoms with E-state index in [1.807, 2.05) is 59.2 Å². The lowest BCUT2D eigenvalue weighted by atomic mass is 10.2. The Hall–Kier alpha value is -2.46. The van der Waals surface area contributed by atoms with Gasteiger partial charge in [0.25, 0.3) is 5.56 Å². The van der Waals surface area contributed by atoms with Crippen molar-refractivity contribution in [3.63, 3.8) is 0 Å². The van der Waals surface area contributed by atoms with Crippen molar-refractivity contribution in [1.29, 1.82) is 0 Å². The summed E-state index contributed by atoms with van der Waals surface area (Å²) in [6, 6.07) is 17.8. The van der Waals surface area contributed by atoms with Gasteiger partial charge in [-0.25, -0.2) is 4.98 Å². The van der Waals surface area contributed by atoms with E-state index >= 15 is 0 Å². The van der Waals surface area contributed by atoms with Gasteiger partial charge in [-0.3, -0.25) is 9.36 Å². The SMILES string of the molecule is CC[NH2+][C@H](C)c1nc2ccccc2c(=O)n1Cc1ccccc1. The summed E-state index contributed by atoms with van der Waals surface area (Å²) in [5.41, 5.74) is 1.91. The quantitative estimate of drug-likeness (QED) is 0.784. The molecule has 0 aliphatic rings. The number of rotatable bonds is 5. The second-order valence-electron chi connectivity index (χ2n) is 5.80. The van der Waals surface area contributed by atoms with E-state index in [1.54, 1.807) is 0 Å². The summed E-state index contributed by atoms with van der Waals surface area (Å²) in [7, 11) is 0. The molecular formula is C19H22N3O+. The first kappa shape index (κ1) is 15.4. The topological polar surface area (TPSA) is 51.5 Å². The first-order valence-corrected chi connectivity index (χ1v) is 8.07. The second kappa shape index (κ2) is 6.75.